The SMILES string of the molecule is CCN(CC)C(=O)c1ccc(NC(=O)CNc2ccc(C(C)=O)cc2)cc1. The number of nitrogens with one attached hydrogen (secondary N) is 2. The molecule has 0 saturated carbocycles. The Morgan fingerprint density at radius 2 is 1.33 bits per heavy atom. The highest BCUT2D eigenvalue weighted by Crippen LogP contribution is 2.13. The van der Waals surface area contributed by atoms with Crippen LogP contribution in [0.5, 0.6) is 0 Å². The topological polar surface area (TPSA) is 78.5 Å². The minimum Gasteiger partial charge on any atom is -0.376 e. The van der Waals surface area contributed by atoms with Gasteiger partial charge in [0.25, 0.3) is 5.91 Å². The number of ketones is 1. The van der Waals surface area contributed by atoms with Crippen molar-refractivity contribution in [3.8, 4) is 0 Å². The van der Waals surface area contributed by atoms with Crippen molar-refractivity contribution in [1.82, 2.24) is 4.90 Å². The molecule has 0 radical (unpaired) electrons. The number of hydrogen-bond donors (Lipinski definition) is 2. The maximum atomic E-state index is 12.3. The van der Waals surface area contributed by atoms with Gasteiger partial charge in [-0.1, -0.05) is 0 Å². The summed E-state index contributed by atoms with van der Waals surface area (Å²) >= 11 is 0. The molecule has 2 aromatic rings. The highest BCUT2D eigenvalue weighted by Gasteiger charge is 2.12. The van der Waals surface area contributed by atoms with Crippen molar-refractivity contribution in [3.05, 3.63) is 59.7 Å². The first kappa shape index (κ1) is 20.2. The van der Waals surface area contributed by atoms with Crippen molar-refractivity contribution >= 4 is 29.0 Å². The molecular weight excluding hydrogens is 342 g/mol. The quantitative estimate of drug-likeness (QED) is 0.701. The molecule has 2 amide bonds. The number of amides is 2. The Hall–Kier alpha value is -3.15. The Bertz CT molecular complexity index is 794. The molecule has 0 saturated heterocycles. The molecule has 2 aromatic carbocycles. The summed E-state index contributed by atoms with van der Waals surface area (Å²) in [4.78, 5) is 37.4. The lowest BCUT2D eigenvalue weighted by atomic mass is 10.1. The first-order valence-corrected chi connectivity index (χ1v) is 8.98. The zero-order valence-corrected chi connectivity index (χ0v) is 15.9. The van der Waals surface area contributed by atoms with Crippen LogP contribution in [-0.4, -0.2) is 42.1 Å². The van der Waals surface area contributed by atoms with E-state index in [1.54, 1.807) is 53.4 Å². The van der Waals surface area contributed by atoms with Crippen molar-refractivity contribution < 1.29 is 14.4 Å². The van der Waals surface area contributed by atoms with E-state index in [0.29, 0.717) is 29.9 Å². The average Bonchev–Trinajstić information content (AvgIpc) is 2.68. The maximum Gasteiger partial charge on any atom is 0.253 e. The lowest BCUT2D eigenvalue weighted by Gasteiger charge is -2.18. The molecule has 0 spiro atoms. The molecule has 0 aliphatic heterocycles. The molecule has 6 nitrogen and oxygen atoms in total. The maximum absolute atomic E-state index is 12.3. The van der Waals surface area contributed by atoms with E-state index in [0.717, 1.165) is 5.69 Å². The summed E-state index contributed by atoms with van der Waals surface area (Å²) in [5, 5.41) is 5.79. The zero-order chi connectivity index (χ0) is 19.8. The predicted octanol–water partition coefficient (Wildman–Crippen LogP) is 3.42. The molecule has 0 atom stereocenters. The number of carbonyl (C=O) groups is 3. The molecule has 2 rings (SSSR count). The second kappa shape index (κ2) is 9.52. The van der Waals surface area contributed by atoms with Gasteiger partial charge in [0.15, 0.2) is 5.78 Å². The van der Waals surface area contributed by atoms with Gasteiger partial charge < -0.3 is 15.5 Å². The second-order valence-corrected chi connectivity index (χ2v) is 6.09. The van der Waals surface area contributed by atoms with Crippen molar-refractivity contribution in [2.45, 2.75) is 20.8 Å². The number of hydrogen-bond acceptors (Lipinski definition) is 4. The number of nitrogens with zero attached hydrogens (tertiary/aromatic N) is 1. The van der Waals surface area contributed by atoms with Crippen molar-refractivity contribution in [2.75, 3.05) is 30.3 Å². The molecule has 0 fully saturated rings. The number of benzene rings is 2. The van der Waals surface area contributed by atoms with Gasteiger partial charge >= 0.3 is 0 Å². The summed E-state index contributed by atoms with van der Waals surface area (Å²) in [6, 6.07) is 13.8. The van der Waals surface area contributed by atoms with Crippen LogP contribution in [0.25, 0.3) is 0 Å². The highest BCUT2D eigenvalue weighted by molar-refractivity contribution is 5.97. The molecule has 2 N–H and O–H groups in total. The smallest absolute Gasteiger partial charge is 0.253 e. The predicted molar refractivity (Wildman–Crippen MR) is 107 cm³/mol. The van der Waals surface area contributed by atoms with E-state index < -0.39 is 0 Å². The van der Waals surface area contributed by atoms with E-state index in [4.69, 9.17) is 0 Å². The Labute approximate surface area is 159 Å². The molecular formula is C21H25N3O3. The van der Waals surface area contributed by atoms with Gasteiger partial charge in [-0.3, -0.25) is 14.4 Å². The summed E-state index contributed by atoms with van der Waals surface area (Å²) < 4.78 is 0. The Kier molecular flexibility index (Phi) is 7.11. The van der Waals surface area contributed by atoms with Crippen LogP contribution in [0.15, 0.2) is 48.5 Å². The minimum atomic E-state index is -0.200. The van der Waals surface area contributed by atoms with Gasteiger partial charge in [-0.15, -0.1) is 0 Å². The Balaban J connectivity index is 1.88. The van der Waals surface area contributed by atoms with Gasteiger partial charge in [0, 0.05) is 35.6 Å². The third-order valence-electron chi connectivity index (χ3n) is 4.21. The fourth-order valence-electron chi connectivity index (χ4n) is 2.60. The fraction of sp³-hybridized carbons (Fsp3) is 0.286. The van der Waals surface area contributed by atoms with E-state index in [1.807, 2.05) is 13.8 Å². The van der Waals surface area contributed by atoms with E-state index in [2.05, 4.69) is 10.6 Å². The molecule has 0 unspecified atom stereocenters. The molecule has 6 heteroatoms. The number of rotatable bonds is 8. The Morgan fingerprint density at radius 1 is 0.815 bits per heavy atom. The van der Waals surface area contributed by atoms with Crippen LogP contribution >= 0.6 is 0 Å². The molecule has 0 aliphatic rings. The van der Waals surface area contributed by atoms with E-state index in [1.165, 1.54) is 6.92 Å². The zero-order valence-electron chi connectivity index (χ0n) is 15.9. The third-order valence-corrected chi connectivity index (χ3v) is 4.21. The third kappa shape index (κ3) is 5.67. The van der Waals surface area contributed by atoms with E-state index in [-0.39, 0.29) is 24.1 Å². The van der Waals surface area contributed by atoms with Crippen LogP contribution in [0.2, 0.25) is 0 Å². The average molecular weight is 367 g/mol. The van der Waals surface area contributed by atoms with Gasteiger partial charge in [0.1, 0.15) is 0 Å². The van der Waals surface area contributed by atoms with Gasteiger partial charge in [-0.25, -0.2) is 0 Å². The van der Waals surface area contributed by atoms with Crippen molar-refractivity contribution in [3.63, 3.8) is 0 Å². The lowest BCUT2D eigenvalue weighted by molar-refractivity contribution is -0.114. The summed E-state index contributed by atoms with van der Waals surface area (Å²) in [5.41, 5.74) is 2.62. The molecule has 27 heavy (non-hydrogen) atoms. The number of anilines is 2. The molecule has 0 aliphatic carbocycles. The molecule has 0 heterocycles. The number of Topliss-reactive ketones (excluding diaryl/α,β-unsaturated/α-hetero) is 1. The van der Waals surface area contributed by atoms with Crippen LogP contribution in [0, 0.1) is 0 Å². The second-order valence-electron chi connectivity index (χ2n) is 6.09. The standard InChI is InChI=1S/C21H25N3O3/c1-4-24(5-2)21(27)17-8-12-19(13-9-17)23-20(26)14-22-18-10-6-16(7-11-18)15(3)25/h6-13,22H,4-5,14H2,1-3H3,(H,23,26). The number of carbonyl (C=O) groups excluding carboxylic acids is 3. The highest BCUT2D eigenvalue weighted by atomic mass is 16.2. The summed E-state index contributed by atoms with van der Waals surface area (Å²) in [7, 11) is 0. The molecule has 142 valence electrons. The lowest BCUT2D eigenvalue weighted by Crippen LogP contribution is -2.30. The summed E-state index contributed by atoms with van der Waals surface area (Å²) in [6.07, 6.45) is 0. The van der Waals surface area contributed by atoms with Crippen molar-refractivity contribution in [2.24, 2.45) is 0 Å². The Morgan fingerprint density at radius 3 is 1.85 bits per heavy atom. The summed E-state index contributed by atoms with van der Waals surface area (Å²) in [5.74, 6) is -0.218. The normalized spacial score (nSPS) is 10.2. The minimum absolute atomic E-state index is 0.00205. The van der Waals surface area contributed by atoms with E-state index in [9.17, 15) is 14.4 Å². The van der Waals surface area contributed by atoms with Gasteiger partial charge in [0.2, 0.25) is 5.91 Å². The first-order valence-electron chi connectivity index (χ1n) is 8.98. The monoisotopic (exact) mass is 367 g/mol. The summed E-state index contributed by atoms with van der Waals surface area (Å²) in [6.45, 7) is 6.81. The van der Waals surface area contributed by atoms with Crippen LogP contribution in [0.1, 0.15) is 41.5 Å². The van der Waals surface area contributed by atoms with Crippen LogP contribution < -0.4 is 10.6 Å². The van der Waals surface area contributed by atoms with Gasteiger partial charge in [-0.05, 0) is 69.3 Å². The van der Waals surface area contributed by atoms with Gasteiger partial charge in [0.05, 0.1) is 6.54 Å². The molecule has 0 bridgehead atoms. The van der Waals surface area contributed by atoms with Gasteiger partial charge in [-0.2, -0.15) is 0 Å². The van der Waals surface area contributed by atoms with Crippen molar-refractivity contribution in [1.29, 1.82) is 0 Å². The largest absolute Gasteiger partial charge is 0.376 e. The van der Waals surface area contributed by atoms with Crippen LogP contribution in [0.4, 0.5) is 11.4 Å². The molecule has 0 aromatic heterocycles. The van der Waals surface area contributed by atoms with E-state index >= 15 is 0 Å². The van der Waals surface area contributed by atoms with Crippen LogP contribution in [-0.2, 0) is 4.79 Å². The first-order chi connectivity index (χ1) is 12.9. The van der Waals surface area contributed by atoms with Crippen LogP contribution in [0.3, 0.4) is 0 Å². The fourth-order valence-corrected chi connectivity index (χ4v) is 2.60.